The quantitative estimate of drug-likeness (QED) is 0.484. The lowest BCUT2D eigenvalue weighted by Crippen LogP contribution is -2.36. The number of aromatic nitrogens is 4. The Hall–Kier alpha value is -3.23. The number of pyridine rings is 1. The van der Waals surface area contributed by atoms with Crippen LogP contribution < -0.4 is 9.64 Å². The Balaban J connectivity index is 1.58. The zero-order valence-corrected chi connectivity index (χ0v) is 19.8. The van der Waals surface area contributed by atoms with E-state index < -0.39 is 9.73 Å². The SMILES string of the molecule is COCCOc1cn2ncc(C#N)c2c(-c2ccc(N3CCC(N=S(C)(C)=O)CC3)nc2)n1. The molecule has 4 heterocycles. The zero-order valence-electron chi connectivity index (χ0n) is 19.0. The van der Waals surface area contributed by atoms with Crippen molar-refractivity contribution in [2.45, 2.75) is 18.9 Å². The maximum atomic E-state index is 12.0. The molecule has 0 atom stereocenters. The van der Waals surface area contributed by atoms with E-state index in [2.05, 4.69) is 30.4 Å². The van der Waals surface area contributed by atoms with Crippen LogP contribution in [0.3, 0.4) is 0 Å². The molecule has 33 heavy (non-hydrogen) atoms. The van der Waals surface area contributed by atoms with Gasteiger partial charge < -0.3 is 14.4 Å². The molecule has 0 spiro atoms. The summed E-state index contributed by atoms with van der Waals surface area (Å²) in [5.74, 6) is 1.25. The highest BCUT2D eigenvalue weighted by Gasteiger charge is 2.21. The summed E-state index contributed by atoms with van der Waals surface area (Å²) in [6.07, 6.45) is 9.99. The molecule has 10 nitrogen and oxygen atoms in total. The van der Waals surface area contributed by atoms with Crippen molar-refractivity contribution in [1.82, 2.24) is 19.6 Å². The average Bonchev–Trinajstić information content (AvgIpc) is 3.21. The number of hydrogen-bond donors (Lipinski definition) is 0. The monoisotopic (exact) mass is 469 g/mol. The Morgan fingerprint density at radius 3 is 2.67 bits per heavy atom. The number of fused-ring (bicyclic) bond motifs is 1. The molecule has 0 amide bonds. The van der Waals surface area contributed by atoms with E-state index in [0.29, 0.717) is 35.9 Å². The van der Waals surface area contributed by atoms with Crippen molar-refractivity contribution in [3.63, 3.8) is 0 Å². The van der Waals surface area contributed by atoms with Crippen LogP contribution in [-0.2, 0) is 14.5 Å². The van der Waals surface area contributed by atoms with Crippen molar-refractivity contribution in [2.75, 3.05) is 50.8 Å². The van der Waals surface area contributed by atoms with Crippen LogP contribution in [0.25, 0.3) is 16.8 Å². The van der Waals surface area contributed by atoms with Gasteiger partial charge in [-0.05, 0) is 25.0 Å². The third-order valence-corrected chi connectivity index (χ3v) is 6.15. The molecule has 3 aromatic rings. The van der Waals surface area contributed by atoms with Gasteiger partial charge in [0.2, 0.25) is 5.88 Å². The Morgan fingerprint density at radius 2 is 2.03 bits per heavy atom. The minimum atomic E-state index is -2.09. The number of piperidine rings is 1. The Labute approximate surface area is 193 Å². The van der Waals surface area contributed by atoms with E-state index >= 15 is 0 Å². The lowest BCUT2D eigenvalue weighted by atomic mass is 10.1. The molecule has 11 heteroatoms. The third kappa shape index (κ3) is 5.40. The molecule has 0 N–H and O–H groups in total. The molecule has 0 saturated carbocycles. The van der Waals surface area contributed by atoms with Crippen molar-refractivity contribution in [1.29, 1.82) is 5.26 Å². The summed E-state index contributed by atoms with van der Waals surface area (Å²) in [7, 11) is -0.480. The molecule has 0 unspecified atom stereocenters. The van der Waals surface area contributed by atoms with Crippen LogP contribution >= 0.6 is 0 Å². The molecule has 4 rings (SSSR count). The minimum absolute atomic E-state index is 0.132. The number of rotatable bonds is 7. The highest BCUT2D eigenvalue weighted by atomic mass is 32.2. The Morgan fingerprint density at radius 1 is 1.24 bits per heavy atom. The minimum Gasteiger partial charge on any atom is -0.474 e. The Bertz CT molecular complexity index is 1270. The van der Waals surface area contributed by atoms with Crippen molar-refractivity contribution in [2.24, 2.45) is 4.36 Å². The first-order valence-corrected chi connectivity index (χ1v) is 13.0. The van der Waals surface area contributed by atoms with Crippen molar-refractivity contribution < 1.29 is 13.7 Å². The van der Waals surface area contributed by atoms with Gasteiger partial charge in [-0.15, -0.1) is 0 Å². The molecular weight excluding hydrogens is 442 g/mol. The lowest BCUT2D eigenvalue weighted by molar-refractivity contribution is 0.143. The highest BCUT2D eigenvalue weighted by molar-refractivity contribution is 7.92. The molecule has 1 fully saturated rings. The average molecular weight is 470 g/mol. The van der Waals surface area contributed by atoms with E-state index in [1.807, 2.05) is 12.1 Å². The van der Waals surface area contributed by atoms with Crippen molar-refractivity contribution in [3.8, 4) is 23.2 Å². The standard InChI is InChI=1S/C22H27N7O3S/c1-31-10-11-32-20-15-29-22(17(12-23)14-25-29)21(26-20)16-4-5-19(24-13-16)28-8-6-18(7-9-28)27-33(2,3)30/h4-5,13-15,18H,6-11H2,1-3H3. The first-order chi connectivity index (χ1) is 15.9. The molecule has 174 valence electrons. The van der Waals surface area contributed by atoms with Gasteiger partial charge in [0, 0.05) is 54.2 Å². The number of nitriles is 1. The summed E-state index contributed by atoms with van der Waals surface area (Å²) in [5.41, 5.74) is 2.38. The normalized spacial score (nSPS) is 14.9. The molecule has 0 bridgehead atoms. The first kappa shape index (κ1) is 22.9. The van der Waals surface area contributed by atoms with E-state index in [0.717, 1.165) is 37.3 Å². The second-order valence-corrected chi connectivity index (χ2v) is 10.7. The van der Waals surface area contributed by atoms with E-state index in [1.54, 1.807) is 36.5 Å². The van der Waals surface area contributed by atoms with E-state index in [-0.39, 0.29) is 6.04 Å². The van der Waals surface area contributed by atoms with Crippen molar-refractivity contribution >= 4 is 21.1 Å². The third-order valence-electron chi connectivity index (χ3n) is 5.35. The fourth-order valence-corrected chi connectivity index (χ4v) is 4.78. The number of methoxy groups -OCH3 is 1. The Kier molecular flexibility index (Phi) is 6.76. The molecular formula is C22H27N7O3S. The predicted octanol–water partition coefficient (Wildman–Crippen LogP) is 2.38. The van der Waals surface area contributed by atoms with E-state index in [9.17, 15) is 9.47 Å². The summed E-state index contributed by atoms with van der Waals surface area (Å²) < 4.78 is 28.7. The maximum Gasteiger partial charge on any atom is 0.233 e. The largest absolute Gasteiger partial charge is 0.474 e. The van der Waals surface area contributed by atoms with Gasteiger partial charge in [0.25, 0.3) is 0 Å². The molecule has 3 aromatic heterocycles. The van der Waals surface area contributed by atoms with Crippen LogP contribution in [0.2, 0.25) is 0 Å². The van der Waals surface area contributed by atoms with E-state index in [1.165, 1.54) is 6.20 Å². The van der Waals surface area contributed by atoms with Crippen LogP contribution in [0.5, 0.6) is 5.88 Å². The first-order valence-electron chi connectivity index (χ1n) is 10.7. The van der Waals surface area contributed by atoms with Gasteiger partial charge in [0.1, 0.15) is 35.3 Å². The second-order valence-electron chi connectivity index (χ2n) is 8.14. The van der Waals surface area contributed by atoms with Gasteiger partial charge >= 0.3 is 0 Å². The second kappa shape index (κ2) is 9.72. The number of nitrogens with zero attached hydrogens (tertiary/aromatic N) is 7. The summed E-state index contributed by atoms with van der Waals surface area (Å²) in [4.78, 5) is 11.5. The van der Waals surface area contributed by atoms with Gasteiger partial charge in [-0.2, -0.15) is 10.4 Å². The van der Waals surface area contributed by atoms with Crippen LogP contribution in [0.15, 0.2) is 35.1 Å². The maximum absolute atomic E-state index is 12.0. The van der Waals surface area contributed by atoms with Gasteiger partial charge in [-0.3, -0.25) is 4.21 Å². The molecule has 1 aliphatic rings. The lowest BCUT2D eigenvalue weighted by Gasteiger charge is -2.31. The highest BCUT2D eigenvalue weighted by Crippen LogP contribution is 2.29. The smallest absolute Gasteiger partial charge is 0.233 e. The van der Waals surface area contributed by atoms with Crippen LogP contribution in [-0.4, -0.2) is 75.8 Å². The summed E-state index contributed by atoms with van der Waals surface area (Å²) in [6, 6.07) is 6.20. The van der Waals surface area contributed by atoms with Crippen LogP contribution in [0.4, 0.5) is 5.82 Å². The fraction of sp³-hybridized carbons (Fsp3) is 0.455. The van der Waals surface area contributed by atoms with Gasteiger partial charge in [-0.1, -0.05) is 0 Å². The topological polar surface area (TPSA) is 118 Å². The molecule has 1 saturated heterocycles. The summed E-state index contributed by atoms with van der Waals surface area (Å²) in [6.45, 7) is 2.40. The van der Waals surface area contributed by atoms with Gasteiger partial charge in [-0.25, -0.2) is 18.8 Å². The van der Waals surface area contributed by atoms with E-state index in [4.69, 9.17) is 9.47 Å². The molecule has 0 radical (unpaired) electrons. The number of ether oxygens (including phenoxy) is 2. The fourth-order valence-electron chi connectivity index (χ4n) is 3.85. The van der Waals surface area contributed by atoms with Crippen molar-refractivity contribution in [3.05, 3.63) is 36.3 Å². The summed E-state index contributed by atoms with van der Waals surface area (Å²) >= 11 is 0. The molecule has 1 aliphatic heterocycles. The van der Waals surface area contributed by atoms with Crippen LogP contribution in [0, 0.1) is 11.3 Å². The number of anilines is 1. The van der Waals surface area contributed by atoms with Gasteiger partial charge in [0.15, 0.2) is 0 Å². The van der Waals surface area contributed by atoms with Gasteiger partial charge in [0.05, 0.1) is 25.0 Å². The molecule has 0 aromatic carbocycles. The molecule has 0 aliphatic carbocycles. The summed E-state index contributed by atoms with van der Waals surface area (Å²) in [5, 5.41) is 13.8. The predicted molar refractivity (Wildman–Crippen MR) is 126 cm³/mol. The number of hydrogen-bond acceptors (Lipinski definition) is 9. The van der Waals surface area contributed by atoms with Crippen LogP contribution in [0.1, 0.15) is 18.4 Å². The zero-order chi connectivity index (χ0) is 23.4.